The van der Waals surface area contributed by atoms with E-state index in [2.05, 4.69) is 9.80 Å². The molecule has 0 aliphatic carbocycles. The Morgan fingerprint density at radius 2 is 1.96 bits per heavy atom. The number of hydrogen-bond acceptors (Lipinski definition) is 5. The lowest BCUT2D eigenvalue weighted by Crippen LogP contribution is -2.42. The van der Waals surface area contributed by atoms with Crippen LogP contribution in [0, 0.1) is 17.7 Å². The van der Waals surface area contributed by atoms with E-state index in [1.54, 1.807) is 19.2 Å². The summed E-state index contributed by atoms with van der Waals surface area (Å²) in [6.07, 6.45) is 0. The second kappa shape index (κ2) is 8.86. The van der Waals surface area contributed by atoms with Crippen LogP contribution in [0.5, 0.6) is 0 Å². The molecule has 0 unspecified atom stereocenters. The van der Waals surface area contributed by atoms with E-state index in [-0.39, 0.29) is 24.4 Å². The summed E-state index contributed by atoms with van der Waals surface area (Å²) in [5.41, 5.74) is 0.895. The van der Waals surface area contributed by atoms with E-state index in [1.807, 2.05) is 11.0 Å². The number of nitrogens with zero attached hydrogens (tertiary/aromatic N) is 3. The zero-order valence-electron chi connectivity index (χ0n) is 16.6. The first kappa shape index (κ1) is 19.8. The van der Waals surface area contributed by atoms with Gasteiger partial charge in [-0.1, -0.05) is 12.1 Å². The summed E-state index contributed by atoms with van der Waals surface area (Å²) in [5.74, 6) is 0.513. The van der Waals surface area contributed by atoms with Crippen LogP contribution in [0.4, 0.5) is 4.39 Å². The Hall–Kier alpha value is -1.54. The molecule has 7 heteroatoms. The van der Waals surface area contributed by atoms with Crippen LogP contribution < -0.4 is 0 Å². The Labute approximate surface area is 166 Å². The lowest BCUT2D eigenvalue weighted by Gasteiger charge is -2.31. The number of amides is 1. The maximum atomic E-state index is 13.9. The van der Waals surface area contributed by atoms with Crippen molar-refractivity contribution >= 4 is 5.91 Å². The second-order valence-electron chi connectivity index (χ2n) is 8.12. The molecule has 3 atom stereocenters. The van der Waals surface area contributed by atoms with Crippen molar-refractivity contribution in [1.29, 1.82) is 0 Å². The van der Waals surface area contributed by atoms with Gasteiger partial charge in [0.2, 0.25) is 5.91 Å². The quantitative estimate of drug-likeness (QED) is 0.730. The highest BCUT2D eigenvalue weighted by Gasteiger charge is 2.48. The summed E-state index contributed by atoms with van der Waals surface area (Å²) >= 11 is 0. The van der Waals surface area contributed by atoms with Crippen molar-refractivity contribution in [3.8, 4) is 0 Å². The maximum absolute atomic E-state index is 13.9. The SMILES string of the molecule is COCC(=O)N1C[C@H]2CN(CCN3CCOCC3)C[C@H]2[C@@H]1c1cccc(F)c1. The van der Waals surface area contributed by atoms with Gasteiger partial charge in [-0.25, -0.2) is 4.39 Å². The molecule has 1 aromatic carbocycles. The Morgan fingerprint density at radius 1 is 1.18 bits per heavy atom. The summed E-state index contributed by atoms with van der Waals surface area (Å²) in [7, 11) is 1.54. The molecular weight excluding hydrogens is 361 g/mol. The van der Waals surface area contributed by atoms with Gasteiger partial charge in [-0.2, -0.15) is 0 Å². The van der Waals surface area contributed by atoms with E-state index in [1.165, 1.54) is 6.07 Å². The van der Waals surface area contributed by atoms with Crippen molar-refractivity contribution in [2.45, 2.75) is 6.04 Å². The Morgan fingerprint density at radius 3 is 2.71 bits per heavy atom. The van der Waals surface area contributed by atoms with Gasteiger partial charge in [0.25, 0.3) is 0 Å². The average Bonchev–Trinajstić information content (AvgIpc) is 3.25. The number of carbonyl (C=O) groups is 1. The predicted octanol–water partition coefficient (Wildman–Crippen LogP) is 1.24. The number of morpholine rings is 1. The van der Waals surface area contributed by atoms with Gasteiger partial charge < -0.3 is 19.3 Å². The molecule has 3 fully saturated rings. The van der Waals surface area contributed by atoms with E-state index in [0.717, 1.165) is 64.6 Å². The van der Waals surface area contributed by atoms with Crippen molar-refractivity contribution in [3.05, 3.63) is 35.6 Å². The summed E-state index contributed by atoms with van der Waals surface area (Å²) in [6, 6.07) is 6.65. The lowest BCUT2D eigenvalue weighted by molar-refractivity contribution is -0.136. The normalized spacial score (nSPS) is 28.6. The lowest BCUT2D eigenvalue weighted by atomic mass is 9.89. The first-order chi connectivity index (χ1) is 13.7. The van der Waals surface area contributed by atoms with Gasteiger partial charge in [0.1, 0.15) is 12.4 Å². The van der Waals surface area contributed by atoms with Gasteiger partial charge in [0.05, 0.1) is 19.3 Å². The van der Waals surface area contributed by atoms with Gasteiger partial charge >= 0.3 is 0 Å². The fourth-order valence-electron chi connectivity index (χ4n) is 5.01. The Bertz CT molecular complexity index is 683. The van der Waals surface area contributed by atoms with Gasteiger partial charge in [0.15, 0.2) is 0 Å². The third kappa shape index (κ3) is 4.22. The number of hydrogen-bond donors (Lipinski definition) is 0. The van der Waals surface area contributed by atoms with Gasteiger partial charge in [-0.05, 0) is 23.6 Å². The molecule has 0 radical (unpaired) electrons. The zero-order valence-corrected chi connectivity index (χ0v) is 16.6. The van der Waals surface area contributed by atoms with Crippen LogP contribution >= 0.6 is 0 Å². The van der Waals surface area contributed by atoms with Crippen molar-refractivity contribution < 1.29 is 18.7 Å². The summed E-state index contributed by atoms with van der Waals surface area (Å²) in [4.78, 5) is 19.5. The predicted molar refractivity (Wildman–Crippen MR) is 103 cm³/mol. The largest absolute Gasteiger partial charge is 0.379 e. The van der Waals surface area contributed by atoms with Gasteiger partial charge in [-0.15, -0.1) is 0 Å². The average molecular weight is 391 g/mol. The second-order valence-corrected chi connectivity index (χ2v) is 8.12. The highest BCUT2D eigenvalue weighted by molar-refractivity contribution is 5.78. The number of ether oxygens (including phenoxy) is 2. The molecule has 0 spiro atoms. The zero-order chi connectivity index (χ0) is 19.5. The van der Waals surface area contributed by atoms with Crippen LogP contribution in [-0.2, 0) is 14.3 Å². The molecule has 1 aromatic rings. The van der Waals surface area contributed by atoms with E-state index < -0.39 is 0 Å². The Kier molecular flexibility index (Phi) is 6.25. The molecule has 28 heavy (non-hydrogen) atoms. The molecule has 154 valence electrons. The molecule has 0 bridgehead atoms. The van der Waals surface area contributed by atoms with E-state index >= 15 is 0 Å². The number of halogens is 1. The summed E-state index contributed by atoms with van der Waals surface area (Å²) in [5, 5.41) is 0. The van der Waals surface area contributed by atoms with Crippen molar-refractivity contribution in [3.63, 3.8) is 0 Å². The molecule has 6 nitrogen and oxygen atoms in total. The molecule has 3 saturated heterocycles. The van der Waals surface area contributed by atoms with Crippen LogP contribution in [0.1, 0.15) is 11.6 Å². The fraction of sp³-hybridized carbons (Fsp3) is 0.667. The first-order valence-electron chi connectivity index (χ1n) is 10.2. The minimum absolute atomic E-state index is 0.00831. The van der Waals surface area contributed by atoms with Gasteiger partial charge in [0, 0.05) is 58.8 Å². The minimum atomic E-state index is -0.248. The third-order valence-corrected chi connectivity index (χ3v) is 6.35. The van der Waals surface area contributed by atoms with Gasteiger partial charge in [-0.3, -0.25) is 9.69 Å². The van der Waals surface area contributed by atoms with Crippen LogP contribution in [0.3, 0.4) is 0 Å². The number of likely N-dealkylation sites (tertiary alicyclic amines) is 2. The molecule has 4 rings (SSSR count). The van der Waals surface area contributed by atoms with E-state index in [0.29, 0.717) is 11.8 Å². The van der Waals surface area contributed by atoms with E-state index in [4.69, 9.17) is 9.47 Å². The number of fused-ring (bicyclic) bond motifs is 1. The molecule has 3 heterocycles. The Balaban J connectivity index is 1.45. The van der Waals surface area contributed by atoms with Crippen LogP contribution in [0.15, 0.2) is 24.3 Å². The molecule has 3 aliphatic rings. The topological polar surface area (TPSA) is 45.2 Å². The highest BCUT2D eigenvalue weighted by Crippen LogP contribution is 2.45. The third-order valence-electron chi connectivity index (χ3n) is 6.35. The molecule has 0 saturated carbocycles. The molecule has 3 aliphatic heterocycles. The molecule has 1 amide bonds. The number of rotatable bonds is 6. The maximum Gasteiger partial charge on any atom is 0.249 e. The fourth-order valence-corrected chi connectivity index (χ4v) is 5.01. The summed E-state index contributed by atoms with van der Waals surface area (Å²) < 4.78 is 24.4. The number of methoxy groups -OCH3 is 1. The number of carbonyl (C=O) groups excluding carboxylic acids is 1. The van der Waals surface area contributed by atoms with Crippen LogP contribution in [0.2, 0.25) is 0 Å². The molecule has 0 N–H and O–H groups in total. The van der Waals surface area contributed by atoms with Crippen LogP contribution in [-0.4, -0.2) is 93.4 Å². The first-order valence-corrected chi connectivity index (χ1v) is 10.2. The molecule has 0 aromatic heterocycles. The minimum Gasteiger partial charge on any atom is -0.379 e. The van der Waals surface area contributed by atoms with Crippen molar-refractivity contribution in [2.75, 3.05) is 72.7 Å². The highest BCUT2D eigenvalue weighted by atomic mass is 19.1. The van der Waals surface area contributed by atoms with Crippen molar-refractivity contribution in [2.24, 2.45) is 11.8 Å². The smallest absolute Gasteiger partial charge is 0.249 e. The number of benzene rings is 1. The van der Waals surface area contributed by atoms with Crippen LogP contribution in [0.25, 0.3) is 0 Å². The van der Waals surface area contributed by atoms with Crippen molar-refractivity contribution in [1.82, 2.24) is 14.7 Å². The van der Waals surface area contributed by atoms with E-state index in [9.17, 15) is 9.18 Å². The standard InChI is InChI=1S/C21H30FN3O3/c1-27-15-20(26)25-13-17-12-24(6-5-23-7-9-28-10-8-23)14-19(17)21(25)16-3-2-4-18(22)11-16/h2-4,11,17,19,21H,5-10,12-15H2,1H3/t17-,19-,21+/m1/s1. The monoisotopic (exact) mass is 391 g/mol. The summed E-state index contributed by atoms with van der Waals surface area (Å²) in [6.45, 7) is 8.50. The molecular formula is C21H30FN3O3.